The minimum absolute atomic E-state index is 0.140. The molecule has 1 amide bonds. The molecule has 0 aliphatic heterocycles. The summed E-state index contributed by atoms with van der Waals surface area (Å²) in [7, 11) is 3.84. The van der Waals surface area contributed by atoms with E-state index < -0.39 is 0 Å². The van der Waals surface area contributed by atoms with Crippen LogP contribution in [0.25, 0.3) is 0 Å². The first-order valence-corrected chi connectivity index (χ1v) is 6.84. The summed E-state index contributed by atoms with van der Waals surface area (Å²) in [6.07, 6.45) is 2.33. The van der Waals surface area contributed by atoms with Crippen LogP contribution in [0.1, 0.15) is 15.9 Å². The van der Waals surface area contributed by atoms with Crippen LogP contribution in [0.15, 0.2) is 42.6 Å². The van der Waals surface area contributed by atoms with Gasteiger partial charge in [-0.2, -0.15) is 0 Å². The number of amides is 1. The molecule has 0 saturated carbocycles. The number of pyridine rings is 1. The number of anilines is 2. The highest BCUT2D eigenvalue weighted by Crippen LogP contribution is 2.15. The Balaban J connectivity index is 2.14. The molecule has 0 aliphatic carbocycles. The van der Waals surface area contributed by atoms with E-state index in [-0.39, 0.29) is 5.91 Å². The summed E-state index contributed by atoms with van der Waals surface area (Å²) in [5, 5.41) is 2.86. The molecule has 0 fully saturated rings. The fraction of sp³-hybridized carbons (Fsp3) is 0.250. The Labute approximate surface area is 124 Å². The van der Waals surface area contributed by atoms with Crippen LogP contribution in [0.3, 0.4) is 0 Å². The molecular weight excluding hydrogens is 264 g/mol. The fourth-order valence-corrected chi connectivity index (χ4v) is 2.04. The van der Waals surface area contributed by atoms with Crippen molar-refractivity contribution in [1.29, 1.82) is 0 Å². The predicted molar refractivity (Wildman–Crippen MR) is 85.7 cm³/mol. The maximum Gasteiger partial charge on any atom is 0.255 e. The fourth-order valence-electron chi connectivity index (χ4n) is 2.04. The number of carbonyl (C=O) groups is 1. The predicted octanol–water partition coefficient (Wildman–Crippen LogP) is 1.90. The highest BCUT2D eigenvalue weighted by molar-refractivity contribution is 6.05. The molecule has 21 heavy (non-hydrogen) atoms. The summed E-state index contributed by atoms with van der Waals surface area (Å²) in [6.45, 7) is 0.517. The lowest BCUT2D eigenvalue weighted by atomic mass is 10.0. The number of nitrogens with one attached hydrogen (secondary N) is 1. The number of hydrogen-bond donors (Lipinski definition) is 2. The van der Waals surface area contributed by atoms with Gasteiger partial charge in [-0.15, -0.1) is 0 Å². The van der Waals surface area contributed by atoms with Crippen molar-refractivity contribution in [2.24, 2.45) is 5.73 Å². The van der Waals surface area contributed by atoms with E-state index in [9.17, 15) is 4.79 Å². The van der Waals surface area contributed by atoms with E-state index in [0.29, 0.717) is 24.2 Å². The van der Waals surface area contributed by atoms with Gasteiger partial charge in [-0.3, -0.25) is 4.79 Å². The standard InChI is InChI=1S/C16H20N4O/c1-20(2)15-8-7-13(11-18-15)19-16(21)14-6-4-3-5-12(14)9-10-17/h3-8,11H,9-10,17H2,1-2H3,(H,19,21). The molecule has 0 bridgehead atoms. The van der Waals surface area contributed by atoms with E-state index >= 15 is 0 Å². The van der Waals surface area contributed by atoms with Gasteiger partial charge in [0.15, 0.2) is 0 Å². The van der Waals surface area contributed by atoms with Crippen molar-refractivity contribution < 1.29 is 4.79 Å². The molecule has 0 spiro atoms. The highest BCUT2D eigenvalue weighted by atomic mass is 16.1. The average Bonchev–Trinajstić information content (AvgIpc) is 2.48. The summed E-state index contributed by atoms with van der Waals surface area (Å²) < 4.78 is 0. The van der Waals surface area contributed by atoms with Crippen LogP contribution < -0.4 is 16.0 Å². The third kappa shape index (κ3) is 3.79. The lowest BCUT2D eigenvalue weighted by Crippen LogP contribution is -2.16. The van der Waals surface area contributed by atoms with E-state index in [4.69, 9.17) is 5.73 Å². The van der Waals surface area contributed by atoms with Gasteiger partial charge in [-0.1, -0.05) is 18.2 Å². The first-order valence-electron chi connectivity index (χ1n) is 6.84. The van der Waals surface area contributed by atoms with Crippen molar-refractivity contribution in [1.82, 2.24) is 4.98 Å². The van der Waals surface area contributed by atoms with Crippen LogP contribution >= 0.6 is 0 Å². The minimum Gasteiger partial charge on any atom is -0.363 e. The molecule has 5 nitrogen and oxygen atoms in total. The van der Waals surface area contributed by atoms with Crippen molar-refractivity contribution in [3.8, 4) is 0 Å². The number of carbonyl (C=O) groups excluding carboxylic acids is 1. The Morgan fingerprint density at radius 1 is 1.24 bits per heavy atom. The first kappa shape index (κ1) is 15.0. The van der Waals surface area contributed by atoms with Crippen molar-refractivity contribution >= 4 is 17.4 Å². The molecular formula is C16H20N4O. The first-order chi connectivity index (χ1) is 10.1. The Morgan fingerprint density at radius 2 is 2.00 bits per heavy atom. The lowest BCUT2D eigenvalue weighted by molar-refractivity contribution is 0.102. The van der Waals surface area contributed by atoms with E-state index in [1.807, 2.05) is 55.4 Å². The monoisotopic (exact) mass is 284 g/mol. The molecule has 110 valence electrons. The minimum atomic E-state index is -0.140. The third-order valence-electron chi connectivity index (χ3n) is 3.14. The van der Waals surface area contributed by atoms with Crippen LogP contribution in [-0.4, -0.2) is 31.5 Å². The maximum atomic E-state index is 12.3. The van der Waals surface area contributed by atoms with Gasteiger partial charge in [0.25, 0.3) is 5.91 Å². The normalized spacial score (nSPS) is 10.2. The highest BCUT2D eigenvalue weighted by Gasteiger charge is 2.10. The van der Waals surface area contributed by atoms with Gasteiger partial charge in [0, 0.05) is 19.7 Å². The molecule has 1 aromatic carbocycles. The second kappa shape index (κ2) is 6.85. The number of nitrogens with two attached hydrogens (primary N) is 1. The summed E-state index contributed by atoms with van der Waals surface area (Å²) in [4.78, 5) is 18.5. The summed E-state index contributed by atoms with van der Waals surface area (Å²) in [5.41, 5.74) is 7.86. The van der Waals surface area contributed by atoms with E-state index in [1.165, 1.54) is 0 Å². The molecule has 5 heteroatoms. The Hall–Kier alpha value is -2.40. The number of nitrogens with zero attached hydrogens (tertiary/aromatic N) is 2. The largest absolute Gasteiger partial charge is 0.363 e. The van der Waals surface area contributed by atoms with Crippen molar-refractivity contribution in [2.75, 3.05) is 30.9 Å². The molecule has 1 heterocycles. The summed E-state index contributed by atoms with van der Waals surface area (Å²) in [6, 6.07) is 11.2. The summed E-state index contributed by atoms with van der Waals surface area (Å²) in [5.74, 6) is 0.704. The number of aromatic nitrogens is 1. The molecule has 0 atom stereocenters. The molecule has 2 rings (SSSR count). The van der Waals surface area contributed by atoms with E-state index in [2.05, 4.69) is 10.3 Å². The Bertz CT molecular complexity index is 608. The number of benzene rings is 1. The maximum absolute atomic E-state index is 12.3. The van der Waals surface area contributed by atoms with E-state index in [0.717, 1.165) is 11.4 Å². The lowest BCUT2D eigenvalue weighted by Gasteiger charge is -2.12. The van der Waals surface area contributed by atoms with Crippen LogP contribution in [0.2, 0.25) is 0 Å². The van der Waals surface area contributed by atoms with Gasteiger partial charge < -0.3 is 16.0 Å². The van der Waals surface area contributed by atoms with E-state index in [1.54, 1.807) is 6.20 Å². The molecule has 1 aromatic heterocycles. The second-order valence-electron chi connectivity index (χ2n) is 4.95. The number of rotatable bonds is 5. The molecule has 0 aliphatic rings. The Morgan fingerprint density at radius 3 is 2.62 bits per heavy atom. The van der Waals surface area contributed by atoms with Crippen LogP contribution in [0.5, 0.6) is 0 Å². The van der Waals surface area contributed by atoms with Gasteiger partial charge >= 0.3 is 0 Å². The number of hydrogen-bond acceptors (Lipinski definition) is 4. The molecule has 3 N–H and O–H groups in total. The zero-order chi connectivity index (χ0) is 15.2. The van der Waals surface area contributed by atoms with Crippen LogP contribution in [-0.2, 0) is 6.42 Å². The van der Waals surface area contributed by atoms with Gasteiger partial charge in [-0.25, -0.2) is 4.98 Å². The van der Waals surface area contributed by atoms with Crippen molar-refractivity contribution in [2.45, 2.75) is 6.42 Å². The smallest absolute Gasteiger partial charge is 0.255 e. The molecule has 2 aromatic rings. The van der Waals surface area contributed by atoms with Gasteiger partial charge in [-0.05, 0) is 36.7 Å². The van der Waals surface area contributed by atoms with Crippen molar-refractivity contribution in [3.63, 3.8) is 0 Å². The van der Waals surface area contributed by atoms with Crippen molar-refractivity contribution in [3.05, 3.63) is 53.7 Å². The SMILES string of the molecule is CN(C)c1ccc(NC(=O)c2ccccc2CCN)cn1. The van der Waals surface area contributed by atoms with Gasteiger partial charge in [0.2, 0.25) is 0 Å². The second-order valence-corrected chi connectivity index (χ2v) is 4.95. The quantitative estimate of drug-likeness (QED) is 0.879. The van der Waals surface area contributed by atoms with Crippen LogP contribution in [0, 0.1) is 0 Å². The molecule has 0 radical (unpaired) electrons. The topological polar surface area (TPSA) is 71.2 Å². The Kier molecular flexibility index (Phi) is 4.90. The average molecular weight is 284 g/mol. The van der Waals surface area contributed by atoms with Crippen LogP contribution in [0.4, 0.5) is 11.5 Å². The molecule has 0 saturated heterocycles. The van der Waals surface area contributed by atoms with Gasteiger partial charge in [0.05, 0.1) is 11.9 Å². The third-order valence-corrected chi connectivity index (χ3v) is 3.14. The summed E-state index contributed by atoms with van der Waals surface area (Å²) >= 11 is 0. The zero-order valence-corrected chi connectivity index (χ0v) is 12.3. The van der Waals surface area contributed by atoms with Gasteiger partial charge in [0.1, 0.15) is 5.82 Å². The molecule has 0 unspecified atom stereocenters. The zero-order valence-electron chi connectivity index (χ0n) is 12.3.